The lowest BCUT2D eigenvalue weighted by molar-refractivity contribution is 0.389. The Kier molecular flexibility index (Phi) is 4.52. The van der Waals surface area contributed by atoms with Crippen LogP contribution in [0, 0.1) is 12.0 Å². The van der Waals surface area contributed by atoms with Gasteiger partial charge >= 0.3 is 0 Å². The van der Waals surface area contributed by atoms with Gasteiger partial charge in [-0.1, -0.05) is 31.2 Å². The Bertz CT molecular complexity index is 218. The third-order valence-electron chi connectivity index (χ3n) is 2.28. The highest BCUT2D eigenvalue weighted by Crippen LogP contribution is 2.12. The zero-order valence-corrected chi connectivity index (χ0v) is 8.09. The summed E-state index contributed by atoms with van der Waals surface area (Å²) in [6.45, 7) is 1.90. The van der Waals surface area contributed by atoms with Crippen molar-refractivity contribution in [1.29, 1.82) is 0 Å². The van der Waals surface area contributed by atoms with E-state index in [1.165, 1.54) is 5.56 Å². The molecule has 0 fully saturated rings. The van der Waals surface area contributed by atoms with Gasteiger partial charge in [0.2, 0.25) is 0 Å². The Morgan fingerprint density at radius 3 is 2.85 bits per heavy atom. The van der Waals surface area contributed by atoms with Crippen LogP contribution in [0.1, 0.15) is 25.3 Å². The molecular formula is C12H16F. The predicted molar refractivity (Wildman–Crippen MR) is 53.4 cm³/mol. The van der Waals surface area contributed by atoms with Crippen LogP contribution in [-0.2, 0) is 6.42 Å². The van der Waals surface area contributed by atoms with E-state index in [-0.39, 0.29) is 6.67 Å². The molecule has 0 heterocycles. The molecule has 0 aliphatic heterocycles. The van der Waals surface area contributed by atoms with Crippen molar-refractivity contribution in [1.82, 2.24) is 0 Å². The maximum atomic E-state index is 12.0. The zero-order chi connectivity index (χ0) is 9.52. The molecule has 1 aromatic rings. The molecule has 0 bridgehead atoms. The summed E-state index contributed by atoms with van der Waals surface area (Å²) in [6, 6.07) is 11.2. The molecular weight excluding hydrogens is 163 g/mol. The number of alkyl halides is 1. The second-order valence-corrected chi connectivity index (χ2v) is 3.51. The van der Waals surface area contributed by atoms with Crippen molar-refractivity contribution in [3.8, 4) is 0 Å². The summed E-state index contributed by atoms with van der Waals surface area (Å²) in [5.41, 5.74) is 1.23. The first-order valence-electron chi connectivity index (χ1n) is 4.84. The minimum Gasteiger partial charge on any atom is -0.251 e. The van der Waals surface area contributed by atoms with E-state index in [9.17, 15) is 4.39 Å². The van der Waals surface area contributed by atoms with Crippen LogP contribution < -0.4 is 0 Å². The van der Waals surface area contributed by atoms with Gasteiger partial charge in [-0.05, 0) is 36.8 Å². The summed E-state index contributed by atoms with van der Waals surface area (Å²) in [5, 5.41) is 0. The number of aryl methyl sites for hydroxylation is 1. The lowest BCUT2D eigenvalue weighted by Gasteiger charge is -2.07. The second-order valence-electron chi connectivity index (χ2n) is 3.51. The molecule has 0 N–H and O–H groups in total. The summed E-state index contributed by atoms with van der Waals surface area (Å²) >= 11 is 0. The lowest BCUT2D eigenvalue weighted by atomic mass is 9.99. The van der Waals surface area contributed by atoms with E-state index < -0.39 is 0 Å². The van der Waals surface area contributed by atoms with E-state index in [4.69, 9.17) is 0 Å². The molecule has 1 radical (unpaired) electrons. The third kappa shape index (κ3) is 4.07. The van der Waals surface area contributed by atoms with Crippen molar-refractivity contribution in [2.75, 3.05) is 6.67 Å². The number of rotatable bonds is 5. The van der Waals surface area contributed by atoms with Crippen LogP contribution in [0.25, 0.3) is 0 Å². The quantitative estimate of drug-likeness (QED) is 0.649. The Hall–Kier alpha value is -0.850. The molecule has 0 saturated carbocycles. The average molecular weight is 179 g/mol. The zero-order valence-electron chi connectivity index (χ0n) is 8.09. The summed E-state index contributed by atoms with van der Waals surface area (Å²) < 4.78 is 12.0. The Labute approximate surface area is 79.8 Å². The van der Waals surface area contributed by atoms with Crippen molar-refractivity contribution >= 4 is 0 Å². The normalized spacial score (nSPS) is 12.8. The molecule has 13 heavy (non-hydrogen) atoms. The second kappa shape index (κ2) is 5.74. The fourth-order valence-electron chi connectivity index (χ4n) is 1.32. The first kappa shape index (κ1) is 10.2. The molecule has 1 heteroatoms. The van der Waals surface area contributed by atoms with Crippen molar-refractivity contribution in [3.05, 3.63) is 35.9 Å². The first-order chi connectivity index (χ1) is 6.33. The van der Waals surface area contributed by atoms with E-state index >= 15 is 0 Å². The van der Waals surface area contributed by atoms with Gasteiger partial charge in [0.05, 0.1) is 6.67 Å². The fourth-order valence-corrected chi connectivity index (χ4v) is 1.32. The third-order valence-corrected chi connectivity index (χ3v) is 2.28. The van der Waals surface area contributed by atoms with E-state index in [0.717, 1.165) is 12.8 Å². The molecule has 1 atom stereocenters. The highest BCUT2D eigenvalue weighted by Gasteiger charge is 2.01. The summed E-state index contributed by atoms with van der Waals surface area (Å²) in [4.78, 5) is 0. The number of hydrogen-bond donors (Lipinski definition) is 0. The largest absolute Gasteiger partial charge is 0.251 e. The van der Waals surface area contributed by atoms with Gasteiger partial charge < -0.3 is 0 Å². The van der Waals surface area contributed by atoms with E-state index in [1.54, 1.807) is 0 Å². The number of halogens is 1. The lowest BCUT2D eigenvalue weighted by Crippen LogP contribution is -1.98. The number of hydrogen-bond acceptors (Lipinski definition) is 0. The smallest absolute Gasteiger partial charge is 0.0897 e. The van der Waals surface area contributed by atoms with Gasteiger partial charge in [-0.3, -0.25) is 4.39 Å². The van der Waals surface area contributed by atoms with Crippen LogP contribution in [0.2, 0.25) is 0 Å². The molecule has 1 rings (SSSR count). The predicted octanol–water partition coefficient (Wildman–Crippen LogP) is 3.42. The van der Waals surface area contributed by atoms with Crippen LogP contribution in [0.3, 0.4) is 0 Å². The molecule has 0 aromatic heterocycles. The van der Waals surface area contributed by atoms with Crippen LogP contribution in [0.15, 0.2) is 24.3 Å². The van der Waals surface area contributed by atoms with Gasteiger partial charge in [-0.25, -0.2) is 0 Å². The van der Waals surface area contributed by atoms with E-state index in [0.29, 0.717) is 12.3 Å². The summed E-state index contributed by atoms with van der Waals surface area (Å²) in [7, 11) is 0. The van der Waals surface area contributed by atoms with E-state index in [1.807, 2.05) is 18.2 Å². The minimum absolute atomic E-state index is 0.195. The van der Waals surface area contributed by atoms with Gasteiger partial charge in [0.25, 0.3) is 0 Å². The van der Waals surface area contributed by atoms with E-state index in [2.05, 4.69) is 19.1 Å². The highest BCUT2D eigenvalue weighted by atomic mass is 19.1. The molecule has 0 saturated heterocycles. The highest BCUT2D eigenvalue weighted by molar-refractivity contribution is 5.12. The molecule has 1 unspecified atom stereocenters. The standard InChI is InChI=1S/C12H16F/c1-11(9-10-13)7-8-12-5-3-2-4-6-12/h2-5,11H,7-10H2,1H3. The van der Waals surface area contributed by atoms with Gasteiger partial charge in [-0.2, -0.15) is 0 Å². The SMILES string of the molecule is CC(CCF)CCc1[c]cccc1. The molecule has 0 aliphatic rings. The molecule has 0 aliphatic carbocycles. The Balaban J connectivity index is 2.27. The maximum absolute atomic E-state index is 12.0. The molecule has 0 spiro atoms. The summed E-state index contributed by atoms with van der Waals surface area (Å²) in [6.07, 6.45) is 2.76. The van der Waals surface area contributed by atoms with Gasteiger partial charge in [0.1, 0.15) is 0 Å². The molecule has 1 aromatic carbocycles. The van der Waals surface area contributed by atoms with Gasteiger partial charge in [0, 0.05) is 0 Å². The number of benzene rings is 1. The van der Waals surface area contributed by atoms with Crippen molar-refractivity contribution in [3.63, 3.8) is 0 Å². The van der Waals surface area contributed by atoms with Gasteiger partial charge in [-0.15, -0.1) is 0 Å². The topological polar surface area (TPSA) is 0 Å². The molecule has 0 nitrogen and oxygen atoms in total. The van der Waals surface area contributed by atoms with Crippen LogP contribution in [0.5, 0.6) is 0 Å². The first-order valence-corrected chi connectivity index (χ1v) is 4.84. The summed E-state index contributed by atoms with van der Waals surface area (Å²) in [5.74, 6) is 0.485. The molecule has 71 valence electrons. The van der Waals surface area contributed by atoms with Crippen molar-refractivity contribution in [2.45, 2.75) is 26.2 Å². The van der Waals surface area contributed by atoms with Gasteiger partial charge in [0.15, 0.2) is 0 Å². The minimum atomic E-state index is -0.195. The van der Waals surface area contributed by atoms with Crippen LogP contribution in [0.4, 0.5) is 4.39 Å². The fraction of sp³-hybridized carbons (Fsp3) is 0.500. The average Bonchev–Trinajstić information content (AvgIpc) is 2.17. The van der Waals surface area contributed by atoms with Crippen LogP contribution >= 0.6 is 0 Å². The Morgan fingerprint density at radius 2 is 2.23 bits per heavy atom. The molecule has 0 amide bonds. The van der Waals surface area contributed by atoms with Crippen LogP contribution in [-0.4, -0.2) is 6.67 Å². The monoisotopic (exact) mass is 179 g/mol. The van der Waals surface area contributed by atoms with Crippen molar-refractivity contribution < 1.29 is 4.39 Å². The maximum Gasteiger partial charge on any atom is 0.0897 e. The van der Waals surface area contributed by atoms with Crippen molar-refractivity contribution in [2.24, 2.45) is 5.92 Å². The Morgan fingerprint density at radius 1 is 1.38 bits per heavy atom.